The highest BCUT2D eigenvalue weighted by atomic mass is 79.9. The number of likely N-dealkylation sites (tertiary alicyclic amines) is 1. The van der Waals surface area contributed by atoms with Gasteiger partial charge in [-0.3, -0.25) is 4.79 Å². The number of piperidine rings is 1. The molecule has 1 fully saturated rings. The number of alkyl halides is 1. The Kier molecular flexibility index (Phi) is 5.72. The SMILES string of the molecule is CC(Br)C(=O)N(CCO)C1CCN(C)CC1. The van der Waals surface area contributed by atoms with E-state index in [9.17, 15) is 4.79 Å². The van der Waals surface area contributed by atoms with Gasteiger partial charge in [-0.15, -0.1) is 0 Å². The van der Waals surface area contributed by atoms with Crippen molar-refractivity contribution in [3.63, 3.8) is 0 Å². The van der Waals surface area contributed by atoms with Crippen molar-refractivity contribution in [2.75, 3.05) is 33.3 Å². The van der Waals surface area contributed by atoms with Crippen LogP contribution in [0.1, 0.15) is 19.8 Å². The minimum absolute atomic E-state index is 0.0395. The van der Waals surface area contributed by atoms with Crippen LogP contribution in [0.2, 0.25) is 0 Å². The highest BCUT2D eigenvalue weighted by Gasteiger charge is 2.28. The third-order valence-corrected chi connectivity index (χ3v) is 3.48. The molecule has 0 spiro atoms. The van der Waals surface area contributed by atoms with Gasteiger partial charge in [-0.05, 0) is 39.9 Å². The molecule has 1 amide bonds. The molecule has 1 saturated heterocycles. The zero-order valence-corrected chi connectivity index (χ0v) is 11.6. The Labute approximate surface area is 106 Å². The molecule has 0 saturated carbocycles. The van der Waals surface area contributed by atoms with Crippen LogP contribution in [0.3, 0.4) is 0 Å². The van der Waals surface area contributed by atoms with Crippen LogP contribution in [-0.4, -0.2) is 65.0 Å². The Bertz CT molecular complexity index is 228. The molecule has 1 N–H and O–H groups in total. The second-order valence-electron chi connectivity index (χ2n) is 4.41. The van der Waals surface area contributed by atoms with Gasteiger partial charge >= 0.3 is 0 Å². The number of carbonyl (C=O) groups excluding carboxylic acids is 1. The standard InChI is InChI=1S/C11H21BrN2O2/c1-9(12)11(16)14(7-8-15)10-3-5-13(2)6-4-10/h9-10,15H,3-8H2,1-2H3. The molecule has 94 valence electrons. The van der Waals surface area contributed by atoms with Gasteiger partial charge in [0.2, 0.25) is 5.91 Å². The van der Waals surface area contributed by atoms with Gasteiger partial charge in [0.25, 0.3) is 0 Å². The number of aliphatic hydroxyl groups excluding tert-OH is 1. The number of rotatable bonds is 4. The topological polar surface area (TPSA) is 43.8 Å². The summed E-state index contributed by atoms with van der Waals surface area (Å²) >= 11 is 3.31. The van der Waals surface area contributed by atoms with Gasteiger partial charge in [0, 0.05) is 12.6 Å². The molecule has 16 heavy (non-hydrogen) atoms. The van der Waals surface area contributed by atoms with E-state index in [-0.39, 0.29) is 23.4 Å². The van der Waals surface area contributed by atoms with Crippen LogP contribution in [0.15, 0.2) is 0 Å². The maximum atomic E-state index is 12.0. The molecule has 0 aliphatic carbocycles. The molecule has 0 aromatic rings. The number of aliphatic hydroxyl groups is 1. The number of hydrogen-bond donors (Lipinski definition) is 1. The fraction of sp³-hybridized carbons (Fsp3) is 0.909. The molecule has 1 heterocycles. The van der Waals surface area contributed by atoms with Crippen molar-refractivity contribution in [1.29, 1.82) is 0 Å². The first kappa shape index (κ1) is 13.9. The smallest absolute Gasteiger partial charge is 0.236 e. The lowest BCUT2D eigenvalue weighted by molar-refractivity contribution is -0.134. The van der Waals surface area contributed by atoms with E-state index in [0.717, 1.165) is 25.9 Å². The lowest BCUT2D eigenvalue weighted by Gasteiger charge is -2.37. The second kappa shape index (κ2) is 6.57. The quantitative estimate of drug-likeness (QED) is 0.775. The first-order chi connectivity index (χ1) is 7.56. The summed E-state index contributed by atoms with van der Waals surface area (Å²) in [7, 11) is 2.10. The van der Waals surface area contributed by atoms with E-state index in [1.54, 1.807) is 0 Å². The maximum absolute atomic E-state index is 12.0. The molecule has 0 aromatic carbocycles. The van der Waals surface area contributed by atoms with Crippen molar-refractivity contribution in [2.24, 2.45) is 0 Å². The van der Waals surface area contributed by atoms with Crippen LogP contribution in [-0.2, 0) is 4.79 Å². The van der Waals surface area contributed by atoms with Gasteiger partial charge in [0.1, 0.15) is 0 Å². The number of halogens is 1. The predicted octanol–water partition coefficient (Wildman–Crippen LogP) is 0.685. The minimum atomic E-state index is -0.168. The first-order valence-electron chi connectivity index (χ1n) is 5.80. The third kappa shape index (κ3) is 3.71. The van der Waals surface area contributed by atoms with E-state index in [4.69, 9.17) is 5.11 Å². The summed E-state index contributed by atoms with van der Waals surface area (Å²) in [6, 6.07) is 0.288. The summed E-state index contributed by atoms with van der Waals surface area (Å²) in [5, 5.41) is 9.03. The Morgan fingerprint density at radius 3 is 2.56 bits per heavy atom. The Morgan fingerprint density at radius 1 is 1.56 bits per heavy atom. The lowest BCUT2D eigenvalue weighted by Crippen LogP contribution is -2.49. The molecule has 0 radical (unpaired) electrons. The monoisotopic (exact) mass is 292 g/mol. The van der Waals surface area contributed by atoms with Crippen molar-refractivity contribution in [1.82, 2.24) is 9.80 Å². The number of nitrogens with zero attached hydrogens (tertiary/aromatic N) is 2. The molecule has 1 unspecified atom stereocenters. The maximum Gasteiger partial charge on any atom is 0.236 e. The van der Waals surface area contributed by atoms with Gasteiger partial charge in [0.15, 0.2) is 0 Å². The molecule has 1 rings (SSSR count). The predicted molar refractivity (Wildman–Crippen MR) is 67.7 cm³/mol. The van der Waals surface area contributed by atoms with Gasteiger partial charge in [-0.25, -0.2) is 0 Å². The van der Waals surface area contributed by atoms with Crippen LogP contribution < -0.4 is 0 Å². The van der Waals surface area contributed by atoms with E-state index < -0.39 is 0 Å². The van der Waals surface area contributed by atoms with Crippen LogP contribution in [0.25, 0.3) is 0 Å². The third-order valence-electron chi connectivity index (χ3n) is 3.09. The second-order valence-corrected chi connectivity index (χ2v) is 5.78. The van der Waals surface area contributed by atoms with Gasteiger partial charge < -0.3 is 14.9 Å². The molecule has 0 aromatic heterocycles. The summed E-state index contributed by atoms with van der Waals surface area (Å²) in [6.07, 6.45) is 2.00. The lowest BCUT2D eigenvalue weighted by atomic mass is 10.0. The fourth-order valence-electron chi connectivity index (χ4n) is 2.12. The van der Waals surface area contributed by atoms with Crippen molar-refractivity contribution in [3.8, 4) is 0 Å². The van der Waals surface area contributed by atoms with Gasteiger partial charge in [-0.2, -0.15) is 0 Å². The summed E-state index contributed by atoms with van der Waals surface area (Å²) < 4.78 is 0. The van der Waals surface area contributed by atoms with Crippen LogP contribution in [0.4, 0.5) is 0 Å². The Hall–Kier alpha value is -0.130. The molecular weight excluding hydrogens is 272 g/mol. The zero-order chi connectivity index (χ0) is 12.1. The largest absolute Gasteiger partial charge is 0.395 e. The molecular formula is C11H21BrN2O2. The van der Waals surface area contributed by atoms with Crippen molar-refractivity contribution < 1.29 is 9.90 Å². The molecule has 1 atom stereocenters. The van der Waals surface area contributed by atoms with Crippen molar-refractivity contribution in [2.45, 2.75) is 30.6 Å². The highest BCUT2D eigenvalue weighted by molar-refractivity contribution is 9.10. The normalized spacial score (nSPS) is 20.8. The minimum Gasteiger partial charge on any atom is -0.395 e. The van der Waals surface area contributed by atoms with Crippen molar-refractivity contribution in [3.05, 3.63) is 0 Å². The van der Waals surface area contributed by atoms with E-state index in [2.05, 4.69) is 27.9 Å². The van der Waals surface area contributed by atoms with Gasteiger partial charge in [-0.1, -0.05) is 15.9 Å². The van der Waals surface area contributed by atoms with Crippen LogP contribution in [0, 0.1) is 0 Å². The average molecular weight is 293 g/mol. The highest BCUT2D eigenvalue weighted by Crippen LogP contribution is 2.17. The summed E-state index contributed by atoms with van der Waals surface area (Å²) in [6.45, 7) is 4.37. The molecule has 4 nitrogen and oxygen atoms in total. The molecule has 5 heteroatoms. The summed E-state index contributed by atoms with van der Waals surface area (Å²) in [4.78, 5) is 15.9. The number of amides is 1. The number of hydrogen-bond acceptors (Lipinski definition) is 3. The first-order valence-corrected chi connectivity index (χ1v) is 6.71. The Balaban J connectivity index is 2.59. The van der Waals surface area contributed by atoms with E-state index >= 15 is 0 Å². The van der Waals surface area contributed by atoms with E-state index in [1.807, 2.05) is 11.8 Å². The fourth-order valence-corrected chi connectivity index (χ4v) is 2.38. The van der Waals surface area contributed by atoms with Crippen LogP contribution >= 0.6 is 15.9 Å². The zero-order valence-electron chi connectivity index (χ0n) is 10.0. The van der Waals surface area contributed by atoms with E-state index in [1.165, 1.54) is 0 Å². The van der Waals surface area contributed by atoms with E-state index in [0.29, 0.717) is 6.54 Å². The van der Waals surface area contributed by atoms with Crippen LogP contribution in [0.5, 0.6) is 0 Å². The molecule has 1 aliphatic rings. The Morgan fingerprint density at radius 2 is 2.12 bits per heavy atom. The molecule has 1 aliphatic heterocycles. The van der Waals surface area contributed by atoms with Gasteiger partial charge in [0.05, 0.1) is 11.4 Å². The summed E-state index contributed by atoms with van der Waals surface area (Å²) in [5.41, 5.74) is 0. The van der Waals surface area contributed by atoms with Crippen molar-refractivity contribution >= 4 is 21.8 Å². The average Bonchev–Trinajstić information content (AvgIpc) is 2.26. The molecule has 0 bridgehead atoms. The summed E-state index contributed by atoms with van der Waals surface area (Å²) in [5.74, 6) is 0.0867. The number of carbonyl (C=O) groups is 1.